The van der Waals surface area contributed by atoms with Crippen molar-refractivity contribution in [1.82, 2.24) is 9.88 Å². The van der Waals surface area contributed by atoms with E-state index >= 15 is 0 Å². The topological polar surface area (TPSA) is 45.4 Å². The molecule has 2 fully saturated rings. The normalized spacial score (nSPS) is 21.8. The van der Waals surface area contributed by atoms with Crippen molar-refractivity contribution in [3.8, 4) is 0 Å². The Balaban J connectivity index is 1.54. The molecule has 3 rings (SSSR count). The maximum Gasteiger partial charge on any atom is 0.123 e. The minimum atomic E-state index is 0.598. The highest BCUT2D eigenvalue weighted by Crippen LogP contribution is 2.30. The Morgan fingerprint density at radius 2 is 1.94 bits per heavy atom. The predicted molar refractivity (Wildman–Crippen MR) is 70.0 cm³/mol. The summed E-state index contributed by atoms with van der Waals surface area (Å²) in [5, 5.41) is 0. The van der Waals surface area contributed by atoms with Gasteiger partial charge in [-0.1, -0.05) is 0 Å². The van der Waals surface area contributed by atoms with E-state index in [0.717, 1.165) is 19.0 Å². The number of nitrogens with zero attached hydrogens (tertiary/aromatic N) is 3. The number of rotatable bonds is 3. The van der Waals surface area contributed by atoms with Gasteiger partial charge in [0.05, 0.1) is 11.9 Å². The van der Waals surface area contributed by atoms with Gasteiger partial charge in [0, 0.05) is 32.7 Å². The van der Waals surface area contributed by atoms with Gasteiger partial charge in [0.2, 0.25) is 0 Å². The smallest absolute Gasteiger partial charge is 0.123 e. The first kappa shape index (κ1) is 10.8. The minimum absolute atomic E-state index is 0.598. The molecule has 1 aromatic heterocycles. The molecule has 4 nitrogen and oxygen atoms in total. The monoisotopic (exact) mass is 232 g/mol. The van der Waals surface area contributed by atoms with Crippen LogP contribution in [0, 0.1) is 5.92 Å². The van der Waals surface area contributed by atoms with Crippen LogP contribution >= 0.6 is 0 Å². The molecule has 2 aliphatic rings. The van der Waals surface area contributed by atoms with E-state index in [1.807, 2.05) is 12.3 Å². The van der Waals surface area contributed by atoms with Gasteiger partial charge >= 0.3 is 0 Å². The third-order valence-electron chi connectivity index (χ3n) is 3.72. The van der Waals surface area contributed by atoms with Crippen molar-refractivity contribution in [1.29, 1.82) is 0 Å². The fourth-order valence-electron chi connectivity index (χ4n) is 2.44. The molecule has 0 aromatic carbocycles. The SMILES string of the molecule is Nc1ccc(N2CCN(CC3CC3)CC2)cn1. The van der Waals surface area contributed by atoms with Crippen LogP contribution in [0.15, 0.2) is 18.3 Å². The molecule has 0 radical (unpaired) electrons. The molecule has 92 valence electrons. The van der Waals surface area contributed by atoms with Gasteiger partial charge in [-0.05, 0) is 30.9 Å². The summed E-state index contributed by atoms with van der Waals surface area (Å²) >= 11 is 0. The van der Waals surface area contributed by atoms with Crippen LogP contribution in [0.4, 0.5) is 11.5 Å². The lowest BCUT2D eigenvalue weighted by Crippen LogP contribution is -2.47. The standard InChI is InChI=1S/C13H20N4/c14-13-4-3-12(9-15-13)17-7-5-16(6-8-17)10-11-1-2-11/h3-4,9,11H,1-2,5-8,10H2,(H2,14,15). The van der Waals surface area contributed by atoms with Crippen LogP contribution in [0.5, 0.6) is 0 Å². The van der Waals surface area contributed by atoms with Crippen LogP contribution in [0.1, 0.15) is 12.8 Å². The molecule has 1 saturated heterocycles. The molecular formula is C13H20N4. The first-order valence-corrected chi connectivity index (χ1v) is 6.50. The summed E-state index contributed by atoms with van der Waals surface area (Å²) in [6, 6.07) is 3.95. The number of nitrogen functional groups attached to an aromatic ring is 1. The zero-order chi connectivity index (χ0) is 11.7. The quantitative estimate of drug-likeness (QED) is 0.850. The summed E-state index contributed by atoms with van der Waals surface area (Å²) < 4.78 is 0. The Kier molecular flexibility index (Phi) is 2.89. The third-order valence-corrected chi connectivity index (χ3v) is 3.72. The van der Waals surface area contributed by atoms with Gasteiger partial charge in [0.25, 0.3) is 0 Å². The van der Waals surface area contributed by atoms with Gasteiger partial charge in [-0.2, -0.15) is 0 Å². The minimum Gasteiger partial charge on any atom is -0.384 e. The van der Waals surface area contributed by atoms with E-state index in [2.05, 4.69) is 20.9 Å². The summed E-state index contributed by atoms with van der Waals surface area (Å²) in [5.74, 6) is 1.60. The summed E-state index contributed by atoms with van der Waals surface area (Å²) in [6.07, 6.45) is 4.77. The zero-order valence-corrected chi connectivity index (χ0v) is 10.2. The lowest BCUT2D eigenvalue weighted by Gasteiger charge is -2.36. The van der Waals surface area contributed by atoms with E-state index in [0.29, 0.717) is 5.82 Å². The van der Waals surface area contributed by atoms with E-state index in [-0.39, 0.29) is 0 Å². The maximum atomic E-state index is 5.60. The van der Waals surface area contributed by atoms with Gasteiger partial charge < -0.3 is 10.6 Å². The molecule has 1 aliphatic carbocycles. The van der Waals surface area contributed by atoms with Crippen molar-refractivity contribution >= 4 is 11.5 Å². The molecule has 0 amide bonds. The zero-order valence-electron chi connectivity index (χ0n) is 10.2. The van der Waals surface area contributed by atoms with Gasteiger partial charge in [0.1, 0.15) is 5.82 Å². The number of pyridine rings is 1. The number of aromatic nitrogens is 1. The van der Waals surface area contributed by atoms with Crippen molar-refractivity contribution in [2.24, 2.45) is 5.92 Å². The summed E-state index contributed by atoms with van der Waals surface area (Å²) in [5.41, 5.74) is 6.80. The first-order valence-electron chi connectivity index (χ1n) is 6.50. The fraction of sp³-hybridized carbons (Fsp3) is 0.615. The van der Waals surface area contributed by atoms with Crippen molar-refractivity contribution in [2.75, 3.05) is 43.4 Å². The molecular weight excluding hydrogens is 212 g/mol. The van der Waals surface area contributed by atoms with Crippen LogP contribution in [0.2, 0.25) is 0 Å². The second-order valence-corrected chi connectivity index (χ2v) is 5.17. The van der Waals surface area contributed by atoms with E-state index in [9.17, 15) is 0 Å². The van der Waals surface area contributed by atoms with E-state index in [4.69, 9.17) is 5.73 Å². The Labute approximate surface area is 102 Å². The van der Waals surface area contributed by atoms with Gasteiger partial charge in [-0.25, -0.2) is 4.98 Å². The number of hydrogen-bond acceptors (Lipinski definition) is 4. The van der Waals surface area contributed by atoms with Crippen molar-refractivity contribution in [2.45, 2.75) is 12.8 Å². The van der Waals surface area contributed by atoms with Crippen LogP contribution in [-0.4, -0.2) is 42.6 Å². The highest BCUT2D eigenvalue weighted by atomic mass is 15.3. The fourth-order valence-corrected chi connectivity index (χ4v) is 2.44. The third kappa shape index (κ3) is 2.69. The van der Waals surface area contributed by atoms with E-state index < -0.39 is 0 Å². The first-order chi connectivity index (χ1) is 8.31. The average Bonchev–Trinajstić information content (AvgIpc) is 3.15. The lowest BCUT2D eigenvalue weighted by atomic mass is 10.2. The number of piperazine rings is 1. The molecule has 17 heavy (non-hydrogen) atoms. The molecule has 2 heterocycles. The lowest BCUT2D eigenvalue weighted by molar-refractivity contribution is 0.248. The van der Waals surface area contributed by atoms with Crippen molar-refractivity contribution in [3.63, 3.8) is 0 Å². The molecule has 4 heteroatoms. The van der Waals surface area contributed by atoms with Crippen molar-refractivity contribution in [3.05, 3.63) is 18.3 Å². The Morgan fingerprint density at radius 3 is 2.53 bits per heavy atom. The highest BCUT2D eigenvalue weighted by molar-refractivity contribution is 5.48. The molecule has 1 aliphatic heterocycles. The predicted octanol–water partition coefficient (Wildman–Crippen LogP) is 1.20. The second-order valence-electron chi connectivity index (χ2n) is 5.17. The number of nitrogens with two attached hydrogens (primary N) is 1. The highest BCUT2D eigenvalue weighted by Gasteiger charge is 2.26. The Morgan fingerprint density at radius 1 is 1.18 bits per heavy atom. The van der Waals surface area contributed by atoms with Crippen LogP contribution in [0.3, 0.4) is 0 Å². The van der Waals surface area contributed by atoms with Crippen LogP contribution in [0.25, 0.3) is 0 Å². The number of hydrogen-bond donors (Lipinski definition) is 1. The number of anilines is 2. The van der Waals surface area contributed by atoms with E-state index in [1.54, 1.807) is 0 Å². The van der Waals surface area contributed by atoms with Gasteiger partial charge in [-0.15, -0.1) is 0 Å². The summed E-state index contributed by atoms with van der Waals surface area (Å²) in [4.78, 5) is 9.15. The van der Waals surface area contributed by atoms with Gasteiger partial charge in [-0.3, -0.25) is 4.90 Å². The molecule has 0 spiro atoms. The molecule has 0 bridgehead atoms. The van der Waals surface area contributed by atoms with E-state index in [1.165, 1.54) is 38.2 Å². The summed E-state index contributed by atoms with van der Waals surface area (Å²) in [6.45, 7) is 5.90. The summed E-state index contributed by atoms with van der Waals surface area (Å²) in [7, 11) is 0. The Bertz CT molecular complexity index is 364. The van der Waals surface area contributed by atoms with Crippen LogP contribution < -0.4 is 10.6 Å². The second kappa shape index (κ2) is 4.53. The Hall–Kier alpha value is -1.29. The van der Waals surface area contributed by atoms with Gasteiger partial charge in [0.15, 0.2) is 0 Å². The molecule has 0 atom stereocenters. The van der Waals surface area contributed by atoms with Crippen molar-refractivity contribution < 1.29 is 0 Å². The molecule has 1 aromatic rings. The van der Waals surface area contributed by atoms with Crippen LogP contribution in [-0.2, 0) is 0 Å². The molecule has 2 N–H and O–H groups in total. The largest absolute Gasteiger partial charge is 0.384 e. The average molecular weight is 232 g/mol. The molecule has 0 unspecified atom stereocenters. The molecule has 1 saturated carbocycles. The maximum absolute atomic E-state index is 5.60.